The minimum Gasteiger partial charge on any atom is -0.321 e. The predicted octanol–water partition coefficient (Wildman–Crippen LogP) is 4.84. The van der Waals surface area contributed by atoms with Gasteiger partial charge in [0.15, 0.2) is 0 Å². The number of hydrogen-bond donors (Lipinski definition) is 1. The molecule has 0 saturated carbocycles. The fourth-order valence-corrected chi connectivity index (χ4v) is 2.74. The first-order valence-electron chi connectivity index (χ1n) is 7.84. The number of aryl methyl sites for hydroxylation is 1. The van der Waals surface area contributed by atoms with E-state index in [0.717, 1.165) is 6.07 Å². The van der Waals surface area contributed by atoms with Gasteiger partial charge < -0.3 is 5.32 Å². The highest BCUT2D eigenvalue weighted by molar-refractivity contribution is 6.31. The van der Waals surface area contributed by atoms with Gasteiger partial charge in [0.05, 0.1) is 10.7 Å². The van der Waals surface area contributed by atoms with Gasteiger partial charge in [-0.3, -0.25) is 9.48 Å². The molecule has 0 aliphatic rings. The first kappa shape index (κ1) is 20.0. The maximum absolute atomic E-state index is 13.2. The van der Waals surface area contributed by atoms with Gasteiger partial charge in [0.1, 0.15) is 22.6 Å². The standard InChI is InChI=1S/C18H17Cl2FN4O/c1-10(2)9-25-17(20)14(11(3)24-25)6-12(8-22)18(26)23-13-4-5-16(21)15(19)7-13/h4-7,10H,9H2,1-3H3,(H,23,26)/b12-6+. The Balaban J connectivity index is 2.30. The quantitative estimate of drug-likeness (QED) is 0.582. The number of anilines is 1. The molecule has 8 heteroatoms. The smallest absolute Gasteiger partial charge is 0.266 e. The molecule has 0 atom stereocenters. The number of amides is 1. The first-order valence-corrected chi connectivity index (χ1v) is 8.59. The molecule has 0 radical (unpaired) electrons. The van der Waals surface area contributed by atoms with Crippen LogP contribution in [-0.2, 0) is 11.3 Å². The van der Waals surface area contributed by atoms with Crippen LogP contribution in [0.4, 0.5) is 10.1 Å². The third-order valence-electron chi connectivity index (χ3n) is 3.48. The van der Waals surface area contributed by atoms with Crippen LogP contribution in [0, 0.1) is 30.0 Å². The zero-order valence-electron chi connectivity index (χ0n) is 14.5. The van der Waals surface area contributed by atoms with E-state index in [9.17, 15) is 14.4 Å². The van der Waals surface area contributed by atoms with Crippen molar-refractivity contribution in [3.63, 3.8) is 0 Å². The Morgan fingerprint density at radius 3 is 2.73 bits per heavy atom. The molecular formula is C18H17Cl2FN4O. The number of halogens is 3. The number of aromatic nitrogens is 2. The topological polar surface area (TPSA) is 70.7 Å². The SMILES string of the molecule is Cc1nn(CC(C)C)c(Cl)c1/C=C(\C#N)C(=O)Nc1ccc(F)c(Cl)c1. The van der Waals surface area contributed by atoms with E-state index < -0.39 is 11.7 Å². The molecule has 1 heterocycles. The number of rotatable bonds is 5. The lowest BCUT2D eigenvalue weighted by Crippen LogP contribution is -2.13. The number of benzene rings is 1. The van der Waals surface area contributed by atoms with Crippen LogP contribution in [0.25, 0.3) is 6.08 Å². The number of nitrogens with zero attached hydrogens (tertiary/aromatic N) is 3. The van der Waals surface area contributed by atoms with Crippen LogP contribution < -0.4 is 5.32 Å². The molecule has 0 fully saturated rings. The van der Waals surface area contributed by atoms with E-state index >= 15 is 0 Å². The minimum atomic E-state index is -0.651. The summed E-state index contributed by atoms with van der Waals surface area (Å²) in [6, 6.07) is 5.60. The minimum absolute atomic E-state index is 0.126. The molecule has 2 rings (SSSR count). The Labute approximate surface area is 161 Å². The molecule has 0 spiro atoms. The third-order valence-corrected chi connectivity index (χ3v) is 4.17. The monoisotopic (exact) mass is 394 g/mol. The molecule has 1 N–H and O–H groups in total. The number of hydrogen-bond acceptors (Lipinski definition) is 3. The molecule has 1 aromatic heterocycles. The van der Waals surface area contributed by atoms with E-state index in [2.05, 4.69) is 10.4 Å². The van der Waals surface area contributed by atoms with Gasteiger partial charge in [0.25, 0.3) is 5.91 Å². The lowest BCUT2D eigenvalue weighted by Gasteiger charge is -2.06. The number of nitrogens with one attached hydrogen (secondary N) is 1. The Bertz CT molecular complexity index is 913. The van der Waals surface area contributed by atoms with E-state index in [1.807, 2.05) is 19.9 Å². The van der Waals surface area contributed by atoms with Gasteiger partial charge in [0.2, 0.25) is 0 Å². The van der Waals surface area contributed by atoms with Crippen molar-refractivity contribution in [2.45, 2.75) is 27.3 Å². The second-order valence-electron chi connectivity index (χ2n) is 6.12. The molecule has 1 aromatic carbocycles. The van der Waals surface area contributed by atoms with Crippen molar-refractivity contribution < 1.29 is 9.18 Å². The first-order chi connectivity index (χ1) is 12.2. The Morgan fingerprint density at radius 1 is 1.46 bits per heavy atom. The Morgan fingerprint density at radius 2 is 2.15 bits per heavy atom. The highest BCUT2D eigenvalue weighted by atomic mass is 35.5. The van der Waals surface area contributed by atoms with Crippen LogP contribution in [-0.4, -0.2) is 15.7 Å². The largest absolute Gasteiger partial charge is 0.321 e. The highest BCUT2D eigenvalue weighted by Gasteiger charge is 2.16. The second-order valence-corrected chi connectivity index (χ2v) is 6.88. The second kappa shape index (κ2) is 8.35. The van der Waals surface area contributed by atoms with E-state index in [1.165, 1.54) is 18.2 Å². The van der Waals surface area contributed by atoms with Crippen molar-refractivity contribution >= 4 is 40.9 Å². The highest BCUT2D eigenvalue weighted by Crippen LogP contribution is 2.24. The zero-order chi connectivity index (χ0) is 19.4. The molecule has 5 nitrogen and oxygen atoms in total. The van der Waals surface area contributed by atoms with Crippen LogP contribution in [0.15, 0.2) is 23.8 Å². The summed E-state index contributed by atoms with van der Waals surface area (Å²) in [6.45, 7) is 6.44. The summed E-state index contributed by atoms with van der Waals surface area (Å²) < 4.78 is 14.8. The summed E-state index contributed by atoms with van der Waals surface area (Å²) >= 11 is 12.0. The maximum Gasteiger partial charge on any atom is 0.266 e. The van der Waals surface area contributed by atoms with Crippen molar-refractivity contribution in [2.24, 2.45) is 5.92 Å². The Hall–Kier alpha value is -2.36. The van der Waals surface area contributed by atoms with E-state index in [4.69, 9.17) is 23.2 Å². The third kappa shape index (κ3) is 4.63. The summed E-state index contributed by atoms with van der Waals surface area (Å²) in [5.74, 6) is -0.909. The number of carbonyl (C=O) groups excluding carboxylic acids is 1. The Kier molecular flexibility index (Phi) is 6.41. The molecule has 0 aliphatic heterocycles. The van der Waals surface area contributed by atoms with Gasteiger partial charge >= 0.3 is 0 Å². The summed E-state index contributed by atoms with van der Waals surface area (Å²) in [6.07, 6.45) is 1.39. The van der Waals surface area contributed by atoms with E-state index in [0.29, 0.717) is 28.9 Å². The van der Waals surface area contributed by atoms with Crippen molar-refractivity contribution in [3.05, 3.63) is 51.0 Å². The van der Waals surface area contributed by atoms with Crippen LogP contribution in [0.5, 0.6) is 0 Å². The summed E-state index contributed by atoms with van der Waals surface area (Å²) in [5, 5.41) is 16.4. The van der Waals surface area contributed by atoms with Crippen LogP contribution in [0.3, 0.4) is 0 Å². The molecular weight excluding hydrogens is 378 g/mol. The predicted molar refractivity (Wildman–Crippen MR) is 100 cm³/mol. The zero-order valence-corrected chi connectivity index (χ0v) is 16.0. The molecule has 2 aromatic rings. The maximum atomic E-state index is 13.2. The van der Waals surface area contributed by atoms with Crippen LogP contribution in [0.2, 0.25) is 10.2 Å². The molecule has 136 valence electrons. The summed E-state index contributed by atoms with van der Waals surface area (Å²) in [7, 11) is 0. The van der Waals surface area contributed by atoms with Gasteiger partial charge in [-0.15, -0.1) is 0 Å². The lowest BCUT2D eigenvalue weighted by molar-refractivity contribution is -0.112. The molecule has 0 bridgehead atoms. The molecule has 26 heavy (non-hydrogen) atoms. The van der Waals surface area contributed by atoms with Gasteiger partial charge in [-0.2, -0.15) is 10.4 Å². The average molecular weight is 395 g/mol. The summed E-state index contributed by atoms with van der Waals surface area (Å²) in [5.41, 5.74) is 1.25. The molecule has 0 saturated heterocycles. The lowest BCUT2D eigenvalue weighted by atomic mass is 10.1. The average Bonchev–Trinajstić information content (AvgIpc) is 2.82. The van der Waals surface area contributed by atoms with Crippen LogP contribution in [0.1, 0.15) is 25.1 Å². The molecule has 1 amide bonds. The fourth-order valence-electron chi connectivity index (χ4n) is 2.26. The molecule has 0 aliphatic carbocycles. The van der Waals surface area contributed by atoms with Crippen molar-refractivity contribution in [1.29, 1.82) is 5.26 Å². The normalized spacial score (nSPS) is 11.5. The number of nitriles is 1. The van der Waals surface area contributed by atoms with Gasteiger partial charge in [-0.1, -0.05) is 37.0 Å². The van der Waals surface area contributed by atoms with Crippen molar-refractivity contribution in [3.8, 4) is 6.07 Å². The van der Waals surface area contributed by atoms with Gasteiger partial charge in [-0.25, -0.2) is 4.39 Å². The van der Waals surface area contributed by atoms with Crippen LogP contribution >= 0.6 is 23.2 Å². The summed E-state index contributed by atoms with van der Waals surface area (Å²) in [4.78, 5) is 12.3. The van der Waals surface area contributed by atoms with Gasteiger partial charge in [-0.05, 0) is 37.1 Å². The van der Waals surface area contributed by atoms with Crippen molar-refractivity contribution in [1.82, 2.24) is 9.78 Å². The van der Waals surface area contributed by atoms with Gasteiger partial charge in [0, 0.05) is 17.8 Å². The van der Waals surface area contributed by atoms with E-state index in [1.54, 1.807) is 11.6 Å². The fraction of sp³-hybridized carbons (Fsp3) is 0.278. The van der Waals surface area contributed by atoms with Crippen molar-refractivity contribution in [2.75, 3.05) is 5.32 Å². The molecule has 0 unspecified atom stereocenters. The number of carbonyl (C=O) groups is 1. The van der Waals surface area contributed by atoms with E-state index in [-0.39, 0.29) is 16.3 Å².